The van der Waals surface area contributed by atoms with Crippen LogP contribution >= 0.6 is 0 Å². The van der Waals surface area contributed by atoms with E-state index in [0.717, 1.165) is 0 Å². The minimum atomic E-state index is -1.46. The van der Waals surface area contributed by atoms with Crippen LogP contribution in [-0.2, 0) is 4.74 Å². The van der Waals surface area contributed by atoms with E-state index in [1.54, 1.807) is 0 Å². The van der Waals surface area contributed by atoms with Crippen LogP contribution in [0, 0.1) is 0 Å². The summed E-state index contributed by atoms with van der Waals surface area (Å²) >= 11 is 0. The maximum atomic E-state index is 9.55. The van der Waals surface area contributed by atoms with Crippen LogP contribution in [0.4, 0.5) is 0 Å². The lowest BCUT2D eigenvalue weighted by Crippen LogP contribution is -2.60. The second-order valence-corrected chi connectivity index (χ2v) is 4.10. The van der Waals surface area contributed by atoms with Crippen molar-refractivity contribution in [3.05, 3.63) is 0 Å². The van der Waals surface area contributed by atoms with Gasteiger partial charge in [-0.1, -0.05) is 13.8 Å². The highest BCUT2D eigenvalue weighted by Crippen LogP contribution is 2.19. The van der Waals surface area contributed by atoms with Gasteiger partial charge >= 0.3 is 0 Å². The van der Waals surface area contributed by atoms with Gasteiger partial charge < -0.3 is 30.5 Å². The molecule has 1 fully saturated rings. The molecule has 0 spiro atoms. The van der Waals surface area contributed by atoms with Crippen molar-refractivity contribution in [2.75, 3.05) is 6.54 Å². The van der Waals surface area contributed by atoms with Crippen LogP contribution in [0.5, 0.6) is 0 Å². The standard InChI is InChI=1S/C9H19NO5/c1-4(2)10-3-5-6(11)7(12)8(13)9(14)15-5/h4-14H,3H2,1-2H3/t5-,6-,7+,8-,9+/m1/s1. The van der Waals surface area contributed by atoms with Gasteiger partial charge in [0.25, 0.3) is 0 Å². The number of hydrogen-bond donors (Lipinski definition) is 5. The van der Waals surface area contributed by atoms with E-state index in [4.69, 9.17) is 4.74 Å². The van der Waals surface area contributed by atoms with Gasteiger partial charge in [0.1, 0.15) is 24.4 Å². The van der Waals surface area contributed by atoms with Crippen molar-refractivity contribution >= 4 is 0 Å². The molecule has 1 heterocycles. The summed E-state index contributed by atoms with van der Waals surface area (Å²) in [5, 5.41) is 40.4. The molecule has 15 heavy (non-hydrogen) atoms. The summed E-state index contributed by atoms with van der Waals surface area (Å²) in [6.45, 7) is 4.16. The van der Waals surface area contributed by atoms with Crippen molar-refractivity contribution in [3.8, 4) is 0 Å². The molecule has 1 aliphatic heterocycles. The van der Waals surface area contributed by atoms with E-state index in [1.165, 1.54) is 0 Å². The Kier molecular flexibility index (Phi) is 4.45. The van der Waals surface area contributed by atoms with Gasteiger partial charge in [0.05, 0.1) is 0 Å². The molecule has 0 saturated carbocycles. The zero-order chi connectivity index (χ0) is 11.6. The Labute approximate surface area is 88.5 Å². The minimum Gasteiger partial charge on any atom is -0.388 e. The first-order valence-electron chi connectivity index (χ1n) is 5.04. The highest BCUT2D eigenvalue weighted by atomic mass is 16.6. The van der Waals surface area contributed by atoms with Crippen LogP contribution in [0.25, 0.3) is 0 Å². The minimum absolute atomic E-state index is 0.210. The van der Waals surface area contributed by atoms with Crippen molar-refractivity contribution in [3.63, 3.8) is 0 Å². The fourth-order valence-electron chi connectivity index (χ4n) is 1.45. The molecule has 5 N–H and O–H groups in total. The van der Waals surface area contributed by atoms with Gasteiger partial charge in [-0.15, -0.1) is 0 Å². The molecule has 5 atom stereocenters. The third-order valence-electron chi connectivity index (χ3n) is 2.41. The van der Waals surface area contributed by atoms with Crippen molar-refractivity contribution < 1.29 is 25.2 Å². The van der Waals surface area contributed by atoms with Crippen molar-refractivity contribution in [1.29, 1.82) is 0 Å². The summed E-state index contributed by atoms with van der Waals surface area (Å²) in [6.07, 6.45) is -6.22. The second-order valence-electron chi connectivity index (χ2n) is 4.10. The molecule has 0 radical (unpaired) electrons. The van der Waals surface area contributed by atoms with E-state index in [0.29, 0.717) is 6.54 Å². The summed E-state index contributed by atoms with van der Waals surface area (Å²) < 4.78 is 4.96. The second kappa shape index (κ2) is 5.20. The fraction of sp³-hybridized carbons (Fsp3) is 1.00. The number of aliphatic hydroxyl groups is 4. The largest absolute Gasteiger partial charge is 0.388 e. The lowest BCUT2D eigenvalue weighted by Gasteiger charge is -2.38. The van der Waals surface area contributed by atoms with Crippen molar-refractivity contribution in [2.45, 2.75) is 50.6 Å². The molecule has 1 aliphatic rings. The monoisotopic (exact) mass is 221 g/mol. The number of aliphatic hydroxyl groups excluding tert-OH is 4. The Bertz CT molecular complexity index is 201. The first-order valence-corrected chi connectivity index (χ1v) is 5.04. The van der Waals surface area contributed by atoms with E-state index in [9.17, 15) is 20.4 Å². The third-order valence-corrected chi connectivity index (χ3v) is 2.41. The molecule has 0 aromatic carbocycles. The zero-order valence-corrected chi connectivity index (χ0v) is 8.87. The van der Waals surface area contributed by atoms with Gasteiger partial charge in [-0.25, -0.2) is 0 Å². The van der Waals surface area contributed by atoms with E-state index in [2.05, 4.69) is 5.32 Å². The maximum absolute atomic E-state index is 9.55. The topological polar surface area (TPSA) is 102 Å². The quantitative estimate of drug-likeness (QED) is 0.370. The third kappa shape index (κ3) is 3.10. The van der Waals surface area contributed by atoms with E-state index < -0.39 is 30.7 Å². The van der Waals surface area contributed by atoms with Gasteiger partial charge in [-0.2, -0.15) is 0 Å². The van der Waals surface area contributed by atoms with Gasteiger partial charge in [0.2, 0.25) is 0 Å². The van der Waals surface area contributed by atoms with Crippen LogP contribution in [-0.4, -0.2) is 63.7 Å². The predicted octanol–water partition coefficient (Wildman–Crippen LogP) is -2.22. The highest BCUT2D eigenvalue weighted by Gasteiger charge is 2.42. The van der Waals surface area contributed by atoms with Crippen LogP contribution in [0.3, 0.4) is 0 Å². The van der Waals surface area contributed by atoms with Gasteiger partial charge in [-0.3, -0.25) is 0 Å². The highest BCUT2D eigenvalue weighted by molar-refractivity contribution is 4.89. The van der Waals surface area contributed by atoms with Gasteiger partial charge in [-0.05, 0) is 0 Å². The van der Waals surface area contributed by atoms with Gasteiger partial charge in [0.15, 0.2) is 6.29 Å². The SMILES string of the molecule is CC(C)NC[C@H]1O[C@H](O)[C@H](O)[C@@H](O)[C@@H]1O. The Morgan fingerprint density at radius 3 is 2.20 bits per heavy atom. The molecule has 0 amide bonds. The molecule has 6 nitrogen and oxygen atoms in total. The fourth-order valence-corrected chi connectivity index (χ4v) is 1.45. The zero-order valence-electron chi connectivity index (χ0n) is 8.87. The molecule has 90 valence electrons. The van der Waals surface area contributed by atoms with Crippen molar-refractivity contribution in [1.82, 2.24) is 5.32 Å². The molecule has 0 bridgehead atoms. The summed E-state index contributed by atoms with van der Waals surface area (Å²) in [5.41, 5.74) is 0. The Morgan fingerprint density at radius 2 is 1.67 bits per heavy atom. The molecule has 1 rings (SSSR count). The molecule has 1 saturated heterocycles. The lowest BCUT2D eigenvalue weighted by molar-refractivity contribution is -0.280. The van der Waals surface area contributed by atoms with Crippen LogP contribution in [0.15, 0.2) is 0 Å². The summed E-state index contributed by atoms with van der Waals surface area (Å²) in [6, 6.07) is 0.210. The predicted molar refractivity (Wildman–Crippen MR) is 52.0 cm³/mol. The number of nitrogens with one attached hydrogen (secondary N) is 1. The average molecular weight is 221 g/mol. The summed E-state index contributed by atoms with van der Waals surface area (Å²) in [4.78, 5) is 0. The first-order chi connectivity index (χ1) is 6.93. The maximum Gasteiger partial charge on any atom is 0.184 e. The molecule has 0 aromatic rings. The van der Waals surface area contributed by atoms with E-state index >= 15 is 0 Å². The van der Waals surface area contributed by atoms with Crippen LogP contribution < -0.4 is 5.32 Å². The molecule has 6 heteroatoms. The lowest BCUT2D eigenvalue weighted by atomic mass is 9.99. The number of ether oxygens (including phenoxy) is 1. The van der Waals surface area contributed by atoms with Crippen molar-refractivity contribution in [2.24, 2.45) is 0 Å². The summed E-state index contributed by atoms with van der Waals surface area (Å²) in [5.74, 6) is 0. The average Bonchev–Trinajstić information content (AvgIpc) is 2.18. The first kappa shape index (κ1) is 12.8. The van der Waals surface area contributed by atoms with Crippen LogP contribution in [0.1, 0.15) is 13.8 Å². The molecule has 0 aliphatic carbocycles. The Morgan fingerprint density at radius 1 is 1.07 bits per heavy atom. The number of rotatable bonds is 3. The van der Waals surface area contributed by atoms with E-state index in [-0.39, 0.29) is 6.04 Å². The van der Waals surface area contributed by atoms with Crippen LogP contribution in [0.2, 0.25) is 0 Å². The number of hydrogen-bond acceptors (Lipinski definition) is 6. The van der Waals surface area contributed by atoms with E-state index in [1.807, 2.05) is 13.8 Å². The molecular weight excluding hydrogens is 202 g/mol. The Hall–Kier alpha value is -0.240. The molecule has 0 unspecified atom stereocenters. The summed E-state index contributed by atoms with van der Waals surface area (Å²) in [7, 11) is 0. The molecular formula is C9H19NO5. The normalized spacial score (nSPS) is 42.2. The Balaban J connectivity index is 2.51. The smallest absolute Gasteiger partial charge is 0.184 e. The van der Waals surface area contributed by atoms with Gasteiger partial charge in [0, 0.05) is 12.6 Å². The molecule has 0 aromatic heterocycles.